The van der Waals surface area contributed by atoms with Crippen molar-refractivity contribution in [2.24, 2.45) is 0 Å². The molecule has 1 aliphatic heterocycles. The van der Waals surface area contributed by atoms with Gasteiger partial charge in [0.15, 0.2) is 0 Å². The highest BCUT2D eigenvalue weighted by Crippen LogP contribution is 2.33. The molecule has 0 aromatic carbocycles. The second kappa shape index (κ2) is 6.01. The quantitative estimate of drug-likeness (QED) is 0.925. The van der Waals surface area contributed by atoms with Crippen LogP contribution in [0.3, 0.4) is 0 Å². The van der Waals surface area contributed by atoms with Crippen molar-refractivity contribution in [3.63, 3.8) is 0 Å². The maximum absolute atomic E-state index is 4.30. The van der Waals surface area contributed by atoms with E-state index in [4.69, 9.17) is 0 Å². The Bertz CT molecular complexity index is 555. The number of hydrogen-bond acceptors (Lipinski definition) is 4. The van der Waals surface area contributed by atoms with Crippen LogP contribution in [0.25, 0.3) is 0 Å². The molecule has 104 valence electrons. The number of likely N-dealkylation sites (tertiary alicyclic amines) is 1. The molecule has 0 spiro atoms. The zero-order valence-electron chi connectivity index (χ0n) is 11.8. The number of hydrogen-bond donors (Lipinski definition) is 1. The van der Waals surface area contributed by atoms with Gasteiger partial charge in [-0.15, -0.1) is 0 Å². The summed E-state index contributed by atoms with van der Waals surface area (Å²) >= 11 is 0. The van der Waals surface area contributed by atoms with Gasteiger partial charge >= 0.3 is 0 Å². The molecule has 0 bridgehead atoms. The van der Waals surface area contributed by atoms with Crippen LogP contribution in [-0.4, -0.2) is 28.5 Å². The number of nitrogens with one attached hydrogen (secondary N) is 1. The molecule has 1 fully saturated rings. The summed E-state index contributed by atoms with van der Waals surface area (Å²) in [6.07, 6.45) is 8.14. The van der Waals surface area contributed by atoms with Gasteiger partial charge in [0.2, 0.25) is 0 Å². The van der Waals surface area contributed by atoms with Crippen molar-refractivity contribution in [2.45, 2.75) is 25.4 Å². The average molecular weight is 268 g/mol. The summed E-state index contributed by atoms with van der Waals surface area (Å²) in [6.45, 7) is 2.12. The third-order valence-electron chi connectivity index (χ3n) is 3.90. The van der Waals surface area contributed by atoms with E-state index in [1.807, 2.05) is 31.7 Å². The predicted molar refractivity (Wildman–Crippen MR) is 80.4 cm³/mol. The molecule has 0 amide bonds. The molecule has 2 aromatic rings. The van der Waals surface area contributed by atoms with Crippen LogP contribution in [0, 0.1) is 0 Å². The normalized spacial score (nSPS) is 19.1. The Labute approximate surface area is 119 Å². The molecule has 4 nitrogen and oxygen atoms in total. The monoisotopic (exact) mass is 268 g/mol. The molecule has 0 aliphatic carbocycles. The highest BCUT2D eigenvalue weighted by atomic mass is 15.2. The van der Waals surface area contributed by atoms with Gasteiger partial charge in [-0.05, 0) is 48.7 Å². The predicted octanol–water partition coefficient (Wildman–Crippen LogP) is 2.86. The van der Waals surface area contributed by atoms with Crippen LogP contribution in [0.5, 0.6) is 0 Å². The van der Waals surface area contributed by atoms with E-state index in [9.17, 15) is 0 Å². The van der Waals surface area contributed by atoms with Crippen LogP contribution in [-0.2, 0) is 6.54 Å². The molecule has 4 heteroatoms. The van der Waals surface area contributed by atoms with Crippen molar-refractivity contribution < 1.29 is 0 Å². The van der Waals surface area contributed by atoms with Gasteiger partial charge in [0.25, 0.3) is 0 Å². The lowest BCUT2D eigenvalue weighted by molar-refractivity contribution is 0.248. The summed E-state index contributed by atoms with van der Waals surface area (Å²) in [5.41, 5.74) is 2.63. The smallest absolute Gasteiger partial charge is 0.125 e. The van der Waals surface area contributed by atoms with E-state index in [-0.39, 0.29) is 0 Å². The summed E-state index contributed by atoms with van der Waals surface area (Å²) < 4.78 is 0. The van der Waals surface area contributed by atoms with E-state index >= 15 is 0 Å². The molecule has 0 radical (unpaired) electrons. The Morgan fingerprint density at radius 1 is 1.35 bits per heavy atom. The van der Waals surface area contributed by atoms with Gasteiger partial charge in [-0.1, -0.05) is 6.07 Å². The summed E-state index contributed by atoms with van der Waals surface area (Å²) in [5, 5.41) is 3.12. The Morgan fingerprint density at radius 3 is 3.10 bits per heavy atom. The zero-order valence-corrected chi connectivity index (χ0v) is 11.8. The van der Waals surface area contributed by atoms with Gasteiger partial charge in [0, 0.05) is 38.2 Å². The highest BCUT2D eigenvalue weighted by molar-refractivity contribution is 5.38. The molecule has 0 saturated carbocycles. The fourth-order valence-corrected chi connectivity index (χ4v) is 2.91. The maximum Gasteiger partial charge on any atom is 0.125 e. The molecule has 1 N–H and O–H groups in total. The summed E-state index contributed by atoms with van der Waals surface area (Å²) in [6, 6.07) is 8.93. The first-order valence-corrected chi connectivity index (χ1v) is 7.13. The van der Waals surface area contributed by atoms with E-state index < -0.39 is 0 Å². The Hall–Kier alpha value is -1.94. The Morgan fingerprint density at radius 2 is 2.30 bits per heavy atom. The molecule has 1 aliphatic rings. The first kappa shape index (κ1) is 13.1. The van der Waals surface area contributed by atoms with Crippen LogP contribution in [0.2, 0.25) is 0 Å². The van der Waals surface area contributed by atoms with Crippen molar-refractivity contribution in [2.75, 3.05) is 18.9 Å². The first-order chi connectivity index (χ1) is 9.86. The first-order valence-electron chi connectivity index (χ1n) is 7.13. The number of rotatable bonds is 4. The molecule has 3 rings (SSSR count). The number of pyridine rings is 2. The number of anilines is 1. The van der Waals surface area contributed by atoms with Gasteiger partial charge < -0.3 is 5.32 Å². The van der Waals surface area contributed by atoms with E-state index in [1.165, 1.54) is 24.0 Å². The van der Waals surface area contributed by atoms with Crippen LogP contribution < -0.4 is 5.32 Å². The van der Waals surface area contributed by atoms with Gasteiger partial charge in [-0.2, -0.15) is 0 Å². The summed E-state index contributed by atoms with van der Waals surface area (Å²) in [5.74, 6) is 0.940. The van der Waals surface area contributed by atoms with Gasteiger partial charge in [-0.3, -0.25) is 9.88 Å². The lowest BCUT2D eigenvalue weighted by atomic mass is 10.1. The standard InChI is InChI=1S/C16H20N4/c1-17-16-10-14(6-8-19-16)15-5-3-9-20(15)12-13-4-2-7-18-11-13/h2,4,6-8,10-11,15H,3,5,9,12H2,1H3,(H,17,19)/t15-/m0/s1. The fraction of sp³-hybridized carbons (Fsp3) is 0.375. The van der Waals surface area contributed by atoms with Gasteiger partial charge in [0.1, 0.15) is 5.82 Å². The minimum atomic E-state index is 0.491. The largest absolute Gasteiger partial charge is 0.373 e. The minimum Gasteiger partial charge on any atom is -0.373 e. The summed E-state index contributed by atoms with van der Waals surface area (Å²) in [7, 11) is 1.91. The van der Waals surface area contributed by atoms with Crippen LogP contribution in [0.1, 0.15) is 30.0 Å². The lowest BCUT2D eigenvalue weighted by Gasteiger charge is -2.25. The number of nitrogens with zero attached hydrogens (tertiary/aromatic N) is 3. The van der Waals surface area contributed by atoms with Crippen molar-refractivity contribution in [3.8, 4) is 0 Å². The average Bonchev–Trinajstić information content (AvgIpc) is 2.96. The second-order valence-electron chi connectivity index (χ2n) is 5.21. The molecular formula is C16H20N4. The van der Waals surface area contributed by atoms with E-state index in [2.05, 4.69) is 38.4 Å². The van der Waals surface area contributed by atoms with E-state index in [0.29, 0.717) is 6.04 Å². The van der Waals surface area contributed by atoms with E-state index in [0.717, 1.165) is 18.9 Å². The molecule has 2 aromatic heterocycles. The zero-order chi connectivity index (χ0) is 13.8. The third-order valence-corrected chi connectivity index (χ3v) is 3.90. The minimum absolute atomic E-state index is 0.491. The van der Waals surface area contributed by atoms with Crippen molar-refractivity contribution >= 4 is 5.82 Å². The molecule has 0 unspecified atom stereocenters. The molecular weight excluding hydrogens is 248 g/mol. The van der Waals surface area contributed by atoms with Gasteiger partial charge in [0.05, 0.1) is 0 Å². The molecule has 20 heavy (non-hydrogen) atoms. The molecule has 1 saturated heterocycles. The summed E-state index contributed by atoms with van der Waals surface area (Å²) in [4.78, 5) is 11.0. The van der Waals surface area contributed by atoms with Crippen molar-refractivity contribution in [1.82, 2.24) is 14.9 Å². The molecule has 1 atom stereocenters. The Kier molecular flexibility index (Phi) is 3.92. The Balaban J connectivity index is 1.78. The topological polar surface area (TPSA) is 41.0 Å². The number of aromatic nitrogens is 2. The van der Waals surface area contributed by atoms with Crippen LogP contribution in [0.15, 0.2) is 42.9 Å². The van der Waals surface area contributed by atoms with Gasteiger partial charge in [-0.25, -0.2) is 4.98 Å². The van der Waals surface area contributed by atoms with Crippen molar-refractivity contribution in [1.29, 1.82) is 0 Å². The van der Waals surface area contributed by atoms with E-state index in [1.54, 1.807) is 0 Å². The highest BCUT2D eigenvalue weighted by Gasteiger charge is 2.26. The van der Waals surface area contributed by atoms with Crippen LogP contribution in [0.4, 0.5) is 5.82 Å². The lowest BCUT2D eigenvalue weighted by Crippen LogP contribution is -2.22. The fourth-order valence-electron chi connectivity index (χ4n) is 2.91. The molecule has 3 heterocycles. The van der Waals surface area contributed by atoms with Crippen molar-refractivity contribution in [3.05, 3.63) is 54.0 Å². The van der Waals surface area contributed by atoms with Crippen LogP contribution >= 0.6 is 0 Å². The third kappa shape index (κ3) is 2.80. The SMILES string of the molecule is CNc1cc([C@@H]2CCCN2Cc2cccnc2)ccn1. The second-order valence-corrected chi connectivity index (χ2v) is 5.21. The maximum atomic E-state index is 4.30.